The summed E-state index contributed by atoms with van der Waals surface area (Å²) in [4.78, 5) is 25.6. The van der Waals surface area contributed by atoms with Crippen molar-refractivity contribution in [3.05, 3.63) is 59.2 Å². The van der Waals surface area contributed by atoms with Gasteiger partial charge in [-0.15, -0.1) is 10.2 Å². The highest BCUT2D eigenvalue weighted by atomic mass is 32.2. The summed E-state index contributed by atoms with van der Waals surface area (Å²) in [5, 5.41) is 11.3. The van der Waals surface area contributed by atoms with Gasteiger partial charge in [-0.1, -0.05) is 55.1 Å². The van der Waals surface area contributed by atoms with Crippen molar-refractivity contribution >= 4 is 29.3 Å². The van der Waals surface area contributed by atoms with E-state index in [2.05, 4.69) is 22.4 Å². The Labute approximate surface area is 173 Å². The molecule has 0 aliphatic carbocycles. The van der Waals surface area contributed by atoms with Crippen molar-refractivity contribution < 1.29 is 9.59 Å². The number of aryl methyl sites for hydroxylation is 3. The number of hydrogen-bond acceptors (Lipinski definition) is 5. The minimum atomic E-state index is -0.533. The Balaban J connectivity index is 1.56. The summed E-state index contributed by atoms with van der Waals surface area (Å²) in [5.74, 6) is 0.160. The molecule has 7 heteroatoms. The minimum absolute atomic E-state index is 0.104. The summed E-state index contributed by atoms with van der Waals surface area (Å²) in [6.45, 7) is 6.02. The summed E-state index contributed by atoms with van der Waals surface area (Å²) in [5.41, 5.74) is 4.88. The summed E-state index contributed by atoms with van der Waals surface area (Å²) < 4.78 is 1.52. The highest BCUT2D eigenvalue weighted by Crippen LogP contribution is 2.34. The highest BCUT2D eigenvalue weighted by molar-refractivity contribution is 8.00. The molecule has 1 aromatic heterocycles. The molecule has 1 N–H and O–H groups in total. The van der Waals surface area contributed by atoms with Gasteiger partial charge in [-0.2, -0.15) is 0 Å². The zero-order valence-electron chi connectivity index (χ0n) is 16.6. The first-order valence-electron chi connectivity index (χ1n) is 9.59. The zero-order valence-corrected chi connectivity index (χ0v) is 17.4. The molecule has 1 aliphatic rings. The Morgan fingerprint density at radius 1 is 1.17 bits per heavy atom. The molecule has 0 radical (unpaired) electrons. The van der Waals surface area contributed by atoms with E-state index in [1.165, 1.54) is 21.9 Å². The summed E-state index contributed by atoms with van der Waals surface area (Å²) in [6.07, 6.45) is 1.05. The van der Waals surface area contributed by atoms with Gasteiger partial charge in [0.25, 0.3) is 0 Å². The summed E-state index contributed by atoms with van der Waals surface area (Å²) in [6, 6.07) is 13.9. The first kappa shape index (κ1) is 19.4. The number of carbonyl (C=O) groups excluding carboxylic acids is 2. The van der Waals surface area contributed by atoms with E-state index < -0.39 is 5.25 Å². The molecule has 0 saturated carbocycles. The molecule has 0 spiro atoms. The average Bonchev–Trinajstić information content (AvgIpc) is 3.15. The maximum absolute atomic E-state index is 12.8. The van der Waals surface area contributed by atoms with Crippen LogP contribution in [0.3, 0.4) is 0 Å². The Morgan fingerprint density at radius 2 is 1.93 bits per heavy atom. The molecule has 2 heterocycles. The average molecular weight is 407 g/mol. The maximum Gasteiger partial charge on any atom is 0.238 e. The molecule has 0 fully saturated rings. The van der Waals surface area contributed by atoms with E-state index in [0.29, 0.717) is 11.0 Å². The van der Waals surface area contributed by atoms with Crippen LogP contribution < -0.4 is 5.32 Å². The topological polar surface area (TPSA) is 76.9 Å². The van der Waals surface area contributed by atoms with Crippen LogP contribution in [0, 0.1) is 13.8 Å². The van der Waals surface area contributed by atoms with Crippen LogP contribution in [0.2, 0.25) is 0 Å². The maximum atomic E-state index is 12.8. The van der Waals surface area contributed by atoms with E-state index in [9.17, 15) is 9.59 Å². The third-order valence-electron chi connectivity index (χ3n) is 5.05. The van der Waals surface area contributed by atoms with Gasteiger partial charge < -0.3 is 5.32 Å². The SMILES string of the molecule is CCc1ccc(-c2nnc3n2C(=O)C[C@H](C(=O)Nc2cc(C)ccc2C)S3)cc1. The lowest BCUT2D eigenvalue weighted by Gasteiger charge is -2.21. The Bertz CT molecular complexity index is 1090. The standard InChI is InChI=1S/C22H22N4O2S/c1-4-15-7-9-16(10-8-15)20-24-25-22-26(20)19(27)12-18(29-22)21(28)23-17-11-13(2)5-6-14(17)3/h5-11,18H,4,12H2,1-3H3,(H,23,28)/t18-/m1/s1. The molecule has 29 heavy (non-hydrogen) atoms. The van der Waals surface area contributed by atoms with Crippen LogP contribution in [0.4, 0.5) is 5.69 Å². The lowest BCUT2D eigenvalue weighted by atomic mass is 10.1. The normalized spacial score (nSPS) is 15.8. The van der Waals surface area contributed by atoms with Crippen LogP contribution in [0.25, 0.3) is 11.4 Å². The number of carbonyl (C=O) groups is 2. The molecule has 0 bridgehead atoms. The number of thioether (sulfide) groups is 1. The number of nitrogens with one attached hydrogen (secondary N) is 1. The number of rotatable bonds is 4. The lowest BCUT2D eigenvalue weighted by molar-refractivity contribution is -0.115. The molecule has 0 saturated heterocycles. The number of anilines is 1. The highest BCUT2D eigenvalue weighted by Gasteiger charge is 2.34. The monoisotopic (exact) mass is 406 g/mol. The van der Waals surface area contributed by atoms with Crippen LogP contribution in [-0.4, -0.2) is 31.8 Å². The van der Waals surface area contributed by atoms with Gasteiger partial charge in [-0.3, -0.25) is 9.59 Å². The van der Waals surface area contributed by atoms with Gasteiger partial charge in [0.2, 0.25) is 11.8 Å². The van der Waals surface area contributed by atoms with Gasteiger partial charge in [-0.25, -0.2) is 4.57 Å². The van der Waals surface area contributed by atoms with E-state index in [1.54, 1.807) is 0 Å². The second-order valence-corrected chi connectivity index (χ2v) is 8.37. The Morgan fingerprint density at radius 3 is 2.66 bits per heavy atom. The van der Waals surface area contributed by atoms with Crippen molar-refractivity contribution in [2.45, 2.75) is 44.0 Å². The van der Waals surface area contributed by atoms with E-state index in [4.69, 9.17) is 0 Å². The van der Waals surface area contributed by atoms with Gasteiger partial charge in [0.15, 0.2) is 11.0 Å². The molecular weight excluding hydrogens is 384 g/mol. The number of amides is 1. The van der Waals surface area contributed by atoms with E-state index in [-0.39, 0.29) is 18.2 Å². The second-order valence-electron chi connectivity index (χ2n) is 7.20. The van der Waals surface area contributed by atoms with Crippen LogP contribution in [0.15, 0.2) is 47.6 Å². The summed E-state index contributed by atoms with van der Waals surface area (Å²) >= 11 is 1.28. The fourth-order valence-electron chi connectivity index (χ4n) is 3.30. The predicted molar refractivity (Wildman–Crippen MR) is 114 cm³/mol. The largest absolute Gasteiger partial charge is 0.325 e. The number of benzene rings is 2. The first-order valence-corrected chi connectivity index (χ1v) is 10.5. The van der Waals surface area contributed by atoms with Crippen molar-refractivity contribution in [2.24, 2.45) is 0 Å². The molecule has 3 aromatic rings. The van der Waals surface area contributed by atoms with Crippen molar-refractivity contribution in [3.8, 4) is 11.4 Å². The molecule has 1 amide bonds. The second kappa shape index (κ2) is 7.83. The van der Waals surface area contributed by atoms with E-state index in [0.717, 1.165) is 28.8 Å². The minimum Gasteiger partial charge on any atom is -0.325 e. The molecule has 148 valence electrons. The quantitative estimate of drug-likeness (QED) is 0.700. The third kappa shape index (κ3) is 3.82. The molecule has 1 aliphatic heterocycles. The van der Waals surface area contributed by atoms with Crippen molar-refractivity contribution in [2.75, 3.05) is 5.32 Å². The number of aromatic nitrogens is 3. The zero-order chi connectivity index (χ0) is 20.5. The van der Waals surface area contributed by atoms with E-state index in [1.807, 2.05) is 56.3 Å². The Hall–Kier alpha value is -2.93. The fourth-order valence-corrected chi connectivity index (χ4v) is 4.32. The van der Waals surface area contributed by atoms with Crippen LogP contribution >= 0.6 is 11.8 Å². The third-order valence-corrected chi connectivity index (χ3v) is 6.19. The molecule has 1 atom stereocenters. The predicted octanol–water partition coefficient (Wildman–Crippen LogP) is 4.27. The number of fused-ring (bicyclic) bond motifs is 1. The molecule has 0 unspecified atom stereocenters. The fraction of sp³-hybridized carbons (Fsp3) is 0.273. The number of nitrogens with zero attached hydrogens (tertiary/aromatic N) is 3. The smallest absolute Gasteiger partial charge is 0.238 e. The van der Waals surface area contributed by atoms with Crippen LogP contribution in [0.5, 0.6) is 0 Å². The van der Waals surface area contributed by atoms with E-state index >= 15 is 0 Å². The Kier molecular flexibility index (Phi) is 5.24. The molecule has 2 aromatic carbocycles. The van der Waals surface area contributed by atoms with Crippen LogP contribution in [0.1, 0.15) is 34.8 Å². The van der Waals surface area contributed by atoms with Gasteiger partial charge >= 0.3 is 0 Å². The first-order chi connectivity index (χ1) is 14.0. The number of hydrogen-bond donors (Lipinski definition) is 1. The van der Waals surface area contributed by atoms with Crippen molar-refractivity contribution in [1.29, 1.82) is 0 Å². The molecule has 6 nitrogen and oxygen atoms in total. The van der Waals surface area contributed by atoms with Crippen LogP contribution in [-0.2, 0) is 11.2 Å². The van der Waals surface area contributed by atoms with Gasteiger partial charge in [-0.05, 0) is 43.0 Å². The molecule has 4 rings (SSSR count). The van der Waals surface area contributed by atoms with Gasteiger partial charge in [0, 0.05) is 17.7 Å². The van der Waals surface area contributed by atoms with Crippen molar-refractivity contribution in [3.63, 3.8) is 0 Å². The van der Waals surface area contributed by atoms with Gasteiger partial charge in [0.1, 0.15) is 5.25 Å². The van der Waals surface area contributed by atoms with Crippen molar-refractivity contribution in [1.82, 2.24) is 14.8 Å². The lowest BCUT2D eigenvalue weighted by Crippen LogP contribution is -2.33. The van der Waals surface area contributed by atoms with Gasteiger partial charge in [0.05, 0.1) is 0 Å². The summed E-state index contributed by atoms with van der Waals surface area (Å²) in [7, 11) is 0. The molecular formula is C22H22N4O2S.